The first-order valence-corrected chi connectivity index (χ1v) is 9.48. The van der Waals surface area contributed by atoms with Crippen molar-refractivity contribution >= 4 is 5.82 Å². The number of morpholine rings is 1. The van der Waals surface area contributed by atoms with Gasteiger partial charge in [0.25, 0.3) is 0 Å². The van der Waals surface area contributed by atoms with E-state index in [4.69, 9.17) is 4.74 Å². The van der Waals surface area contributed by atoms with Crippen LogP contribution in [0, 0.1) is 0 Å². The van der Waals surface area contributed by atoms with Crippen molar-refractivity contribution in [3.63, 3.8) is 0 Å². The minimum atomic E-state index is -4.55. The highest BCUT2D eigenvalue weighted by Crippen LogP contribution is 2.42. The van der Waals surface area contributed by atoms with Gasteiger partial charge in [-0.25, -0.2) is 9.97 Å². The lowest BCUT2D eigenvalue weighted by atomic mass is 9.94. The summed E-state index contributed by atoms with van der Waals surface area (Å²) in [6.07, 6.45) is 2.46. The molecular formula is C20H23F3N4O. The Labute approximate surface area is 162 Å². The maximum Gasteiger partial charge on any atom is 0.433 e. The molecule has 3 heterocycles. The Morgan fingerprint density at radius 1 is 1.11 bits per heavy atom. The zero-order valence-corrected chi connectivity index (χ0v) is 16.0. The normalized spacial score (nSPS) is 21.2. The summed E-state index contributed by atoms with van der Waals surface area (Å²) < 4.78 is 47.0. The number of anilines is 1. The Hall–Kier alpha value is -2.22. The first kappa shape index (κ1) is 19.1. The summed E-state index contributed by atoms with van der Waals surface area (Å²) in [5, 5.41) is 0. The van der Waals surface area contributed by atoms with E-state index in [0.29, 0.717) is 18.7 Å². The van der Waals surface area contributed by atoms with Crippen LogP contribution in [0.5, 0.6) is 0 Å². The summed E-state index contributed by atoms with van der Waals surface area (Å²) in [5.41, 5.74) is -1.28. The number of hydrogen-bond donors (Lipinski definition) is 0. The van der Waals surface area contributed by atoms with Crippen molar-refractivity contribution in [2.45, 2.75) is 56.9 Å². The molecule has 0 aromatic carbocycles. The molecule has 0 N–H and O–H groups in total. The van der Waals surface area contributed by atoms with E-state index in [1.807, 2.05) is 18.7 Å². The molecule has 0 radical (unpaired) electrons. The lowest BCUT2D eigenvalue weighted by Crippen LogP contribution is -2.59. The molecule has 28 heavy (non-hydrogen) atoms. The fourth-order valence-corrected chi connectivity index (χ4v) is 4.32. The average molecular weight is 392 g/mol. The van der Waals surface area contributed by atoms with Gasteiger partial charge in [-0.05, 0) is 38.8 Å². The van der Waals surface area contributed by atoms with Gasteiger partial charge in [0.2, 0.25) is 0 Å². The third kappa shape index (κ3) is 3.83. The number of alkyl halides is 3. The second kappa shape index (κ2) is 6.69. The Morgan fingerprint density at radius 2 is 1.86 bits per heavy atom. The molecule has 2 aromatic rings. The molecule has 1 saturated heterocycles. The fraction of sp³-hybridized carbons (Fsp3) is 0.550. The van der Waals surface area contributed by atoms with E-state index in [2.05, 4.69) is 15.0 Å². The van der Waals surface area contributed by atoms with Crippen LogP contribution in [0.1, 0.15) is 45.2 Å². The van der Waals surface area contributed by atoms with Crippen molar-refractivity contribution in [2.24, 2.45) is 0 Å². The summed E-state index contributed by atoms with van der Waals surface area (Å²) in [6.45, 7) is 4.97. The van der Waals surface area contributed by atoms with Gasteiger partial charge in [0.1, 0.15) is 5.82 Å². The number of nitrogens with zero attached hydrogens (tertiary/aromatic N) is 4. The van der Waals surface area contributed by atoms with Crippen molar-refractivity contribution in [3.8, 4) is 11.4 Å². The summed E-state index contributed by atoms with van der Waals surface area (Å²) in [7, 11) is 0. The largest absolute Gasteiger partial charge is 0.433 e. The molecule has 2 aromatic heterocycles. The van der Waals surface area contributed by atoms with Crippen LogP contribution in [-0.4, -0.2) is 39.2 Å². The van der Waals surface area contributed by atoms with E-state index in [9.17, 15) is 13.2 Å². The van der Waals surface area contributed by atoms with Gasteiger partial charge in [-0.15, -0.1) is 0 Å². The number of halogens is 3. The molecule has 0 atom stereocenters. The molecule has 0 unspecified atom stereocenters. The molecule has 150 valence electrons. The molecule has 0 bridgehead atoms. The quantitative estimate of drug-likeness (QED) is 0.754. The predicted molar refractivity (Wildman–Crippen MR) is 98.8 cm³/mol. The number of pyridine rings is 1. The van der Waals surface area contributed by atoms with Gasteiger partial charge < -0.3 is 9.64 Å². The summed E-state index contributed by atoms with van der Waals surface area (Å²) >= 11 is 0. The molecule has 8 heteroatoms. The van der Waals surface area contributed by atoms with Gasteiger partial charge in [-0.3, -0.25) is 4.98 Å². The monoisotopic (exact) mass is 392 g/mol. The number of rotatable bonds is 2. The van der Waals surface area contributed by atoms with Crippen molar-refractivity contribution in [1.82, 2.24) is 15.0 Å². The van der Waals surface area contributed by atoms with E-state index in [-0.39, 0.29) is 17.2 Å². The van der Waals surface area contributed by atoms with Crippen molar-refractivity contribution in [1.29, 1.82) is 0 Å². The van der Waals surface area contributed by atoms with Crippen LogP contribution in [0.15, 0.2) is 30.6 Å². The third-order valence-corrected chi connectivity index (χ3v) is 5.31. The molecule has 2 aliphatic rings. The first-order valence-electron chi connectivity index (χ1n) is 9.48. The van der Waals surface area contributed by atoms with E-state index in [1.54, 1.807) is 18.3 Å². The van der Waals surface area contributed by atoms with Gasteiger partial charge in [0.15, 0.2) is 11.5 Å². The van der Waals surface area contributed by atoms with E-state index >= 15 is 0 Å². The Morgan fingerprint density at radius 3 is 2.50 bits per heavy atom. The predicted octanol–water partition coefficient (Wildman–Crippen LogP) is 4.49. The maximum absolute atomic E-state index is 13.5. The summed E-state index contributed by atoms with van der Waals surface area (Å²) in [5.74, 6) is 0.312. The summed E-state index contributed by atoms with van der Waals surface area (Å²) in [4.78, 5) is 14.1. The van der Waals surface area contributed by atoms with Crippen LogP contribution in [0.4, 0.5) is 19.0 Å². The number of hydrogen-bond acceptors (Lipinski definition) is 5. The molecule has 0 amide bonds. The van der Waals surface area contributed by atoms with Gasteiger partial charge >= 0.3 is 6.18 Å². The smallest absolute Gasteiger partial charge is 0.365 e. The molecule has 4 rings (SSSR count). The molecule has 5 nitrogen and oxygen atoms in total. The van der Waals surface area contributed by atoms with Crippen LogP contribution < -0.4 is 4.90 Å². The molecule has 1 aliphatic heterocycles. The topological polar surface area (TPSA) is 51.1 Å². The lowest BCUT2D eigenvalue weighted by Gasteiger charge is -2.49. The second-order valence-electron chi connectivity index (χ2n) is 8.28. The zero-order valence-electron chi connectivity index (χ0n) is 16.0. The van der Waals surface area contributed by atoms with Crippen molar-refractivity contribution < 1.29 is 17.9 Å². The highest BCUT2D eigenvalue weighted by atomic mass is 19.4. The van der Waals surface area contributed by atoms with Crippen molar-refractivity contribution in [3.05, 3.63) is 36.3 Å². The van der Waals surface area contributed by atoms with E-state index < -0.39 is 17.5 Å². The third-order valence-electron chi connectivity index (χ3n) is 5.31. The lowest BCUT2D eigenvalue weighted by molar-refractivity contribution is -0.148. The van der Waals surface area contributed by atoms with Gasteiger partial charge in [-0.2, -0.15) is 13.2 Å². The highest BCUT2D eigenvalue weighted by molar-refractivity contribution is 5.57. The van der Waals surface area contributed by atoms with Crippen LogP contribution in [0.25, 0.3) is 11.4 Å². The van der Waals surface area contributed by atoms with E-state index in [0.717, 1.165) is 31.7 Å². The molecule has 2 fully saturated rings. The van der Waals surface area contributed by atoms with Gasteiger partial charge in [0, 0.05) is 37.1 Å². The van der Waals surface area contributed by atoms with Gasteiger partial charge in [0.05, 0.1) is 11.2 Å². The van der Waals surface area contributed by atoms with E-state index in [1.165, 1.54) is 6.20 Å². The molecule has 1 saturated carbocycles. The van der Waals surface area contributed by atoms with Crippen LogP contribution in [0.3, 0.4) is 0 Å². The van der Waals surface area contributed by atoms with Crippen molar-refractivity contribution in [2.75, 3.05) is 18.0 Å². The summed E-state index contributed by atoms with van der Waals surface area (Å²) in [6, 6.07) is 4.36. The van der Waals surface area contributed by atoms with Crippen LogP contribution in [0.2, 0.25) is 0 Å². The zero-order chi connectivity index (χ0) is 20.0. The molecule has 1 aliphatic carbocycles. The first-order chi connectivity index (χ1) is 13.2. The maximum atomic E-state index is 13.5. The number of ether oxygens (including phenoxy) is 1. The van der Waals surface area contributed by atoms with Crippen LogP contribution in [-0.2, 0) is 10.9 Å². The molecular weight excluding hydrogens is 369 g/mol. The SMILES string of the molecule is CC1(C)CN(c2cc(C(F)(F)F)nc(-c3cccnc3)n2)CC2(CCCC2)O1. The minimum absolute atomic E-state index is 0.0303. The Kier molecular flexibility index (Phi) is 4.56. The molecule has 1 spiro atoms. The van der Waals surface area contributed by atoms with Gasteiger partial charge in [-0.1, -0.05) is 12.8 Å². The second-order valence-corrected chi connectivity index (χ2v) is 8.28. The van der Waals surface area contributed by atoms with Crippen LogP contribution >= 0.6 is 0 Å². The number of aromatic nitrogens is 3. The highest BCUT2D eigenvalue weighted by Gasteiger charge is 2.46. The Balaban J connectivity index is 1.77. The standard InChI is InChI=1S/C20H23F3N4O/c1-18(2)12-27(13-19(28-18)7-3-4-8-19)16-10-15(20(21,22)23)25-17(26-16)14-6-5-9-24-11-14/h5-6,9-11H,3-4,7-8,12-13H2,1-2H3. The Bertz CT molecular complexity index is 848. The minimum Gasteiger partial charge on any atom is -0.365 e. The average Bonchev–Trinajstić information content (AvgIpc) is 3.07. The fourth-order valence-electron chi connectivity index (χ4n) is 4.32.